The van der Waals surface area contributed by atoms with Crippen molar-refractivity contribution in [2.24, 2.45) is 5.84 Å². The highest BCUT2D eigenvalue weighted by molar-refractivity contribution is 7.07. The van der Waals surface area contributed by atoms with Crippen LogP contribution in [-0.4, -0.2) is 16.9 Å². The molecule has 19 heavy (non-hydrogen) atoms. The highest BCUT2D eigenvalue weighted by Crippen LogP contribution is 2.10. The summed E-state index contributed by atoms with van der Waals surface area (Å²) in [5.41, 5.74) is 4.20. The van der Waals surface area contributed by atoms with Crippen molar-refractivity contribution < 1.29 is 4.79 Å². The van der Waals surface area contributed by atoms with Crippen LogP contribution < -0.4 is 16.6 Å². The number of aromatic nitrogens is 1. The summed E-state index contributed by atoms with van der Waals surface area (Å²) in [4.78, 5) is 16.0. The number of hydrogen-bond donors (Lipinski definition) is 3. The first-order valence-corrected chi connectivity index (χ1v) is 6.88. The van der Waals surface area contributed by atoms with Gasteiger partial charge in [-0.3, -0.25) is 4.79 Å². The molecule has 0 spiro atoms. The van der Waals surface area contributed by atoms with E-state index in [4.69, 9.17) is 5.84 Å². The fourth-order valence-corrected chi connectivity index (χ4v) is 2.45. The number of pyridine rings is 1. The topological polar surface area (TPSA) is 80.0 Å². The van der Waals surface area contributed by atoms with E-state index in [-0.39, 0.29) is 11.9 Å². The van der Waals surface area contributed by atoms with E-state index >= 15 is 0 Å². The lowest BCUT2D eigenvalue weighted by Gasteiger charge is -2.13. The lowest BCUT2D eigenvalue weighted by atomic mass is 10.1. The van der Waals surface area contributed by atoms with Crippen molar-refractivity contribution >= 4 is 23.1 Å². The maximum Gasteiger partial charge on any atom is 0.251 e. The SMILES string of the molecule is CC(Cc1ccsc1)NC(=O)c1ccnc(NN)c1. The second-order valence-electron chi connectivity index (χ2n) is 4.28. The summed E-state index contributed by atoms with van der Waals surface area (Å²) in [5.74, 6) is 5.61. The molecule has 0 radical (unpaired) electrons. The first-order chi connectivity index (χ1) is 9.19. The van der Waals surface area contributed by atoms with Crippen molar-refractivity contribution in [3.05, 3.63) is 46.3 Å². The zero-order valence-electron chi connectivity index (χ0n) is 10.6. The van der Waals surface area contributed by atoms with Crippen LogP contribution in [0.1, 0.15) is 22.8 Å². The number of amides is 1. The van der Waals surface area contributed by atoms with E-state index in [1.807, 2.05) is 12.3 Å². The monoisotopic (exact) mass is 276 g/mol. The summed E-state index contributed by atoms with van der Waals surface area (Å²) < 4.78 is 0. The Labute approximate surface area is 115 Å². The molecule has 0 saturated heterocycles. The van der Waals surface area contributed by atoms with Gasteiger partial charge in [0.05, 0.1) is 0 Å². The molecular formula is C13H16N4OS. The smallest absolute Gasteiger partial charge is 0.251 e. The Morgan fingerprint density at radius 2 is 2.37 bits per heavy atom. The largest absolute Gasteiger partial charge is 0.349 e. The van der Waals surface area contributed by atoms with Crippen LogP contribution in [0.2, 0.25) is 0 Å². The Morgan fingerprint density at radius 3 is 3.05 bits per heavy atom. The molecule has 1 unspecified atom stereocenters. The third kappa shape index (κ3) is 3.77. The van der Waals surface area contributed by atoms with Crippen molar-refractivity contribution in [3.8, 4) is 0 Å². The molecule has 0 aliphatic rings. The van der Waals surface area contributed by atoms with Gasteiger partial charge in [0.2, 0.25) is 0 Å². The third-order valence-corrected chi connectivity index (χ3v) is 3.40. The first-order valence-electron chi connectivity index (χ1n) is 5.93. The summed E-state index contributed by atoms with van der Waals surface area (Å²) >= 11 is 1.66. The molecule has 1 atom stereocenters. The van der Waals surface area contributed by atoms with E-state index in [1.54, 1.807) is 29.7 Å². The highest BCUT2D eigenvalue weighted by Gasteiger charge is 2.11. The number of carbonyl (C=O) groups excluding carboxylic acids is 1. The molecule has 2 rings (SSSR count). The number of nitrogen functional groups attached to an aromatic ring is 1. The molecule has 0 aromatic carbocycles. The standard InChI is InChI=1S/C13H16N4OS/c1-9(6-10-3-5-19-8-10)16-13(18)11-2-4-15-12(7-11)17-14/h2-5,7-9H,6,14H2,1H3,(H,15,17)(H,16,18). The molecule has 1 amide bonds. The van der Waals surface area contributed by atoms with Crippen LogP contribution in [0.3, 0.4) is 0 Å². The van der Waals surface area contributed by atoms with E-state index < -0.39 is 0 Å². The number of hydrazine groups is 1. The van der Waals surface area contributed by atoms with Crippen LogP contribution in [0.5, 0.6) is 0 Å². The Bertz CT molecular complexity index is 541. The third-order valence-electron chi connectivity index (χ3n) is 2.67. The second kappa shape index (κ2) is 6.31. The molecule has 5 nitrogen and oxygen atoms in total. The highest BCUT2D eigenvalue weighted by atomic mass is 32.1. The fraction of sp³-hybridized carbons (Fsp3) is 0.231. The molecule has 0 aliphatic heterocycles. The molecule has 2 heterocycles. The van der Waals surface area contributed by atoms with E-state index in [0.717, 1.165) is 6.42 Å². The Hall–Kier alpha value is -1.92. The van der Waals surface area contributed by atoms with Crippen LogP contribution in [0, 0.1) is 0 Å². The quantitative estimate of drug-likeness (QED) is 0.574. The van der Waals surface area contributed by atoms with E-state index in [0.29, 0.717) is 11.4 Å². The molecular weight excluding hydrogens is 260 g/mol. The lowest BCUT2D eigenvalue weighted by Crippen LogP contribution is -2.34. The average molecular weight is 276 g/mol. The predicted octanol–water partition coefficient (Wildman–Crippen LogP) is 1.79. The van der Waals surface area contributed by atoms with E-state index in [1.165, 1.54) is 5.56 Å². The minimum atomic E-state index is -0.123. The van der Waals surface area contributed by atoms with Gasteiger partial charge >= 0.3 is 0 Å². The fourth-order valence-electron chi connectivity index (χ4n) is 1.77. The van der Waals surface area contributed by atoms with E-state index in [9.17, 15) is 4.79 Å². The van der Waals surface area contributed by atoms with Gasteiger partial charge < -0.3 is 10.7 Å². The van der Waals surface area contributed by atoms with Crippen LogP contribution in [-0.2, 0) is 6.42 Å². The maximum atomic E-state index is 12.0. The van der Waals surface area contributed by atoms with Crippen molar-refractivity contribution in [3.63, 3.8) is 0 Å². The molecule has 0 fully saturated rings. The minimum absolute atomic E-state index is 0.0737. The first kappa shape index (κ1) is 13.5. The summed E-state index contributed by atoms with van der Waals surface area (Å²) in [5, 5.41) is 7.08. The van der Waals surface area contributed by atoms with Gasteiger partial charge in [-0.25, -0.2) is 10.8 Å². The molecule has 0 saturated carbocycles. The second-order valence-corrected chi connectivity index (χ2v) is 5.06. The van der Waals surface area contributed by atoms with Gasteiger partial charge in [-0.1, -0.05) is 0 Å². The molecule has 4 N–H and O–H groups in total. The number of anilines is 1. The van der Waals surface area contributed by atoms with Gasteiger partial charge in [0.15, 0.2) is 0 Å². The predicted molar refractivity (Wildman–Crippen MR) is 77.0 cm³/mol. The molecule has 100 valence electrons. The molecule has 2 aromatic rings. The van der Waals surface area contributed by atoms with E-state index in [2.05, 4.69) is 27.2 Å². The zero-order chi connectivity index (χ0) is 13.7. The number of nitrogens with two attached hydrogens (primary N) is 1. The van der Waals surface area contributed by atoms with Gasteiger partial charge in [-0.05, 0) is 47.9 Å². The van der Waals surface area contributed by atoms with Crippen LogP contribution in [0.25, 0.3) is 0 Å². The van der Waals surface area contributed by atoms with Gasteiger partial charge in [0.1, 0.15) is 5.82 Å². The lowest BCUT2D eigenvalue weighted by molar-refractivity contribution is 0.0940. The number of thiophene rings is 1. The molecule has 2 aromatic heterocycles. The maximum absolute atomic E-state index is 12.0. The van der Waals surface area contributed by atoms with Crippen molar-refractivity contribution in [1.82, 2.24) is 10.3 Å². The Kier molecular flexibility index (Phi) is 4.48. The number of nitrogens with one attached hydrogen (secondary N) is 2. The van der Waals surface area contributed by atoms with Crippen molar-refractivity contribution in [1.29, 1.82) is 0 Å². The van der Waals surface area contributed by atoms with Crippen molar-refractivity contribution in [2.75, 3.05) is 5.43 Å². The van der Waals surface area contributed by atoms with Crippen LogP contribution >= 0.6 is 11.3 Å². The summed E-state index contributed by atoms with van der Waals surface area (Å²) in [6.07, 6.45) is 2.37. The van der Waals surface area contributed by atoms with Crippen molar-refractivity contribution in [2.45, 2.75) is 19.4 Å². The molecule has 0 bridgehead atoms. The Morgan fingerprint density at radius 1 is 1.53 bits per heavy atom. The number of hydrogen-bond acceptors (Lipinski definition) is 5. The van der Waals surface area contributed by atoms with Gasteiger partial charge in [0, 0.05) is 17.8 Å². The Balaban J connectivity index is 1.96. The number of rotatable bonds is 5. The van der Waals surface area contributed by atoms with Gasteiger partial charge in [-0.2, -0.15) is 11.3 Å². The van der Waals surface area contributed by atoms with Gasteiger partial charge in [-0.15, -0.1) is 0 Å². The summed E-state index contributed by atoms with van der Waals surface area (Å²) in [6, 6.07) is 5.42. The number of carbonyl (C=O) groups is 1. The average Bonchev–Trinajstić information content (AvgIpc) is 2.91. The summed E-state index contributed by atoms with van der Waals surface area (Å²) in [6.45, 7) is 1.98. The number of nitrogens with zero attached hydrogens (tertiary/aromatic N) is 1. The molecule has 6 heteroatoms. The van der Waals surface area contributed by atoms with Crippen LogP contribution in [0.15, 0.2) is 35.2 Å². The van der Waals surface area contributed by atoms with Crippen LogP contribution in [0.4, 0.5) is 5.82 Å². The molecule has 0 aliphatic carbocycles. The normalized spacial score (nSPS) is 11.9. The van der Waals surface area contributed by atoms with Gasteiger partial charge in [0.25, 0.3) is 5.91 Å². The summed E-state index contributed by atoms with van der Waals surface area (Å²) in [7, 11) is 0. The minimum Gasteiger partial charge on any atom is -0.349 e. The zero-order valence-corrected chi connectivity index (χ0v) is 11.4.